The second-order valence-electron chi connectivity index (χ2n) is 4.63. The number of nitrogens with zero attached hydrogens (tertiary/aromatic N) is 1. The van der Waals surface area contributed by atoms with E-state index in [0.717, 1.165) is 22.5 Å². The number of methoxy groups -OCH3 is 1. The number of likely N-dealkylation sites (N-methyl/N-ethyl adjacent to an activating group) is 1. The summed E-state index contributed by atoms with van der Waals surface area (Å²) in [6, 6.07) is 6.64. The van der Waals surface area contributed by atoms with Gasteiger partial charge in [-0.1, -0.05) is 15.9 Å². The molecule has 17 heavy (non-hydrogen) atoms. The number of benzene rings is 1. The smallest absolute Gasteiger partial charge is 0.122 e. The summed E-state index contributed by atoms with van der Waals surface area (Å²) in [5, 5.41) is 3.58. The molecule has 2 rings (SSSR count). The molecule has 3 nitrogen and oxygen atoms in total. The molecule has 1 aliphatic rings. The molecule has 0 saturated carbocycles. The molecule has 1 saturated heterocycles. The van der Waals surface area contributed by atoms with Crippen molar-refractivity contribution in [3.8, 4) is 5.75 Å². The molecular weight excluding hydrogens is 280 g/mol. The van der Waals surface area contributed by atoms with E-state index in [-0.39, 0.29) is 0 Å². The number of piperidine rings is 1. The fraction of sp³-hybridized carbons (Fsp3) is 0.538. The fourth-order valence-corrected chi connectivity index (χ4v) is 2.76. The summed E-state index contributed by atoms with van der Waals surface area (Å²) in [6.07, 6.45) is 2.50. The second-order valence-corrected chi connectivity index (χ2v) is 5.54. The molecule has 4 heteroatoms. The van der Waals surface area contributed by atoms with Gasteiger partial charge in [0.05, 0.1) is 7.11 Å². The first kappa shape index (κ1) is 12.7. The minimum atomic E-state index is 0.535. The Bertz CT molecular complexity index is 384. The van der Waals surface area contributed by atoms with E-state index in [2.05, 4.69) is 39.3 Å². The van der Waals surface area contributed by atoms with Crippen molar-refractivity contribution >= 4 is 21.6 Å². The summed E-state index contributed by atoms with van der Waals surface area (Å²) in [7, 11) is 3.87. The van der Waals surface area contributed by atoms with Crippen molar-refractivity contribution in [2.45, 2.75) is 18.9 Å². The van der Waals surface area contributed by atoms with Crippen LogP contribution in [0, 0.1) is 0 Å². The van der Waals surface area contributed by atoms with E-state index in [4.69, 9.17) is 4.74 Å². The van der Waals surface area contributed by atoms with E-state index in [1.165, 1.54) is 19.4 Å². The van der Waals surface area contributed by atoms with Crippen molar-refractivity contribution in [2.24, 2.45) is 0 Å². The molecule has 0 radical (unpaired) electrons. The maximum atomic E-state index is 5.27. The summed E-state index contributed by atoms with van der Waals surface area (Å²) in [6.45, 7) is 2.31. The second kappa shape index (κ2) is 5.74. The summed E-state index contributed by atoms with van der Waals surface area (Å²) >= 11 is 3.50. The zero-order chi connectivity index (χ0) is 12.3. The molecule has 1 aromatic rings. The van der Waals surface area contributed by atoms with Gasteiger partial charge in [-0.3, -0.25) is 0 Å². The fourth-order valence-electron chi connectivity index (χ4n) is 2.28. The van der Waals surface area contributed by atoms with Gasteiger partial charge in [-0.15, -0.1) is 0 Å². The summed E-state index contributed by atoms with van der Waals surface area (Å²) in [4.78, 5) is 2.37. The number of hydrogen-bond donors (Lipinski definition) is 1. The van der Waals surface area contributed by atoms with Crippen LogP contribution in [0.5, 0.6) is 5.75 Å². The molecule has 0 spiro atoms. The Morgan fingerprint density at radius 2 is 2.24 bits per heavy atom. The van der Waals surface area contributed by atoms with Crippen LogP contribution in [0.4, 0.5) is 5.69 Å². The van der Waals surface area contributed by atoms with Crippen LogP contribution in [0.2, 0.25) is 0 Å². The molecule has 1 N–H and O–H groups in total. The van der Waals surface area contributed by atoms with Gasteiger partial charge in [-0.2, -0.15) is 0 Å². The average Bonchev–Trinajstić information content (AvgIpc) is 2.28. The number of halogens is 1. The SMILES string of the molecule is COc1cc(Br)cc(NC2CCCN(C)C2)c1. The van der Waals surface area contributed by atoms with Crippen molar-refractivity contribution < 1.29 is 4.74 Å². The van der Waals surface area contributed by atoms with Crippen molar-refractivity contribution in [2.75, 3.05) is 32.6 Å². The Hall–Kier alpha value is -0.740. The monoisotopic (exact) mass is 298 g/mol. The lowest BCUT2D eigenvalue weighted by molar-refractivity contribution is 0.261. The molecule has 1 heterocycles. The zero-order valence-corrected chi connectivity index (χ0v) is 12.0. The highest BCUT2D eigenvalue weighted by atomic mass is 79.9. The lowest BCUT2D eigenvalue weighted by atomic mass is 10.1. The van der Waals surface area contributed by atoms with Gasteiger partial charge in [0.2, 0.25) is 0 Å². The van der Waals surface area contributed by atoms with Crippen LogP contribution in [0.3, 0.4) is 0 Å². The van der Waals surface area contributed by atoms with Crippen LogP contribution in [0.25, 0.3) is 0 Å². The summed E-state index contributed by atoms with van der Waals surface area (Å²) in [5.41, 5.74) is 1.12. The highest BCUT2D eigenvalue weighted by Gasteiger charge is 2.16. The highest BCUT2D eigenvalue weighted by Crippen LogP contribution is 2.26. The molecule has 0 bridgehead atoms. The van der Waals surface area contributed by atoms with Gasteiger partial charge in [0.1, 0.15) is 5.75 Å². The molecule has 1 aromatic carbocycles. The van der Waals surface area contributed by atoms with Gasteiger partial charge in [-0.25, -0.2) is 0 Å². The Morgan fingerprint density at radius 3 is 2.94 bits per heavy atom. The molecule has 1 unspecified atom stereocenters. The number of ether oxygens (including phenoxy) is 1. The first-order valence-corrected chi connectivity index (χ1v) is 6.76. The predicted molar refractivity (Wildman–Crippen MR) is 74.8 cm³/mol. The van der Waals surface area contributed by atoms with Gasteiger partial charge in [0.25, 0.3) is 0 Å². The number of likely N-dealkylation sites (tertiary alicyclic amines) is 1. The quantitative estimate of drug-likeness (QED) is 0.928. The van der Waals surface area contributed by atoms with Gasteiger partial charge < -0.3 is 15.0 Å². The van der Waals surface area contributed by atoms with E-state index in [0.29, 0.717) is 6.04 Å². The number of hydrogen-bond acceptors (Lipinski definition) is 3. The van der Waals surface area contributed by atoms with Gasteiger partial charge in [0.15, 0.2) is 0 Å². The van der Waals surface area contributed by atoms with Crippen molar-refractivity contribution in [3.05, 3.63) is 22.7 Å². The number of anilines is 1. The van der Waals surface area contributed by atoms with Crippen LogP contribution in [-0.2, 0) is 0 Å². The molecule has 1 fully saturated rings. The Morgan fingerprint density at radius 1 is 1.41 bits per heavy atom. The summed E-state index contributed by atoms with van der Waals surface area (Å²) in [5.74, 6) is 0.881. The van der Waals surface area contributed by atoms with Crippen LogP contribution < -0.4 is 10.1 Å². The largest absolute Gasteiger partial charge is 0.497 e. The zero-order valence-electron chi connectivity index (χ0n) is 10.4. The average molecular weight is 299 g/mol. The molecule has 94 valence electrons. The third-order valence-corrected chi connectivity index (χ3v) is 3.56. The van der Waals surface area contributed by atoms with Crippen LogP contribution in [0.1, 0.15) is 12.8 Å². The van der Waals surface area contributed by atoms with E-state index in [1.807, 2.05) is 12.1 Å². The van der Waals surface area contributed by atoms with Crippen LogP contribution in [-0.4, -0.2) is 38.2 Å². The maximum absolute atomic E-state index is 5.27. The maximum Gasteiger partial charge on any atom is 0.122 e. The van der Waals surface area contributed by atoms with Gasteiger partial charge in [-0.05, 0) is 38.6 Å². The predicted octanol–water partition coefficient (Wildman–Crippen LogP) is 2.96. The van der Waals surface area contributed by atoms with E-state index < -0.39 is 0 Å². The standard InChI is InChI=1S/C13H19BrN2O/c1-16-5-3-4-11(9-16)15-12-6-10(14)7-13(8-12)17-2/h6-8,11,15H,3-5,9H2,1-2H3. The highest BCUT2D eigenvalue weighted by molar-refractivity contribution is 9.10. The summed E-state index contributed by atoms with van der Waals surface area (Å²) < 4.78 is 6.31. The minimum Gasteiger partial charge on any atom is -0.497 e. The van der Waals surface area contributed by atoms with Crippen molar-refractivity contribution in [1.29, 1.82) is 0 Å². The van der Waals surface area contributed by atoms with Crippen molar-refractivity contribution in [3.63, 3.8) is 0 Å². The first-order valence-electron chi connectivity index (χ1n) is 5.97. The molecule has 0 amide bonds. The molecular formula is C13H19BrN2O. The van der Waals surface area contributed by atoms with Crippen LogP contribution >= 0.6 is 15.9 Å². The number of nitrogens with one attached hydrogen (secondary N) is 1. The molecule has 1 aliphatic heterocycles. The lowest BCUT2D eigenvalue weighted by Gasteiger charge is -2.31. The Labute approximate surface area is 111 Å². The van der Waals surface area contributed by atoms with E-state index in [9.17, 15) is 0 Å². The normalized spacial score (nSPS) is 21.2. The Kier molecular flexibility index (Phi) is 4.29. The van der Waals surface area contributed by atoms with Gasteiger partial charge in [0, 0.05) is 28.8 Å². The Balaban J connectivity index is 2.04. The van der Waals surface area contributed by atoms with Crippen molar-refractivity contribution in [1.82, 2.24) is 4.90 Å². The van der Waals surface area contributed by atoms with E-state index in [1.54, 1.807) is 7.11 Å². The molecule has 1 atom stereocenters. The first-order chi connectivity index (χ1) is 8.17. The third kappa shape index (κ3) is 3.61. The van der Waals surface area contributed by atoms with Gasteiger partial charge >= 0.3 is 0 Å². The minimum absolute atomic E-state index is 0.535. The molecule has 0 aliphatic carbocycles. The van der Waals surface area contributed by atoms with E-state index >= 15 is 0 Å². The lowest BCUT2D eigenvalue weighted by Crippen LogP contribution is -2.39. The molecule has 0 aromatic heterocycles. The van der Waals surface area contributed by atoms with Crippen LogP contribution in [0.15, 0.2) is 22.7 Å². The number of rotatable bonds is 3. The third-order valence-electron chi connectivity index (χ3n) is 3.10. The topological polar surface area (TPSA) is 24.5 Å².